The summed E-state index contributed by atoms with van der Waals surface area (Å²) >= 11 is 1.26. The van der Waals surface area contributed by atoms with Gasteiger partial charge in [-0.1, -0.05) is 16.9 Å². The number of benzene rings is 1. The lowest BCUT2D eigenvalue weighted by Crippen LogP contribution is -2.40. The molecule has 1 aromatic carbocycles. The van der Waals surface area contributed by atoms with Crippen LogP contribution in [0.25, 0.3) is 0 Å². The molecule has 0 saturated heterocycles. The van der Waals surface area contributed by atoms with Crippen molar-refractivity contribution in [2.45, 2.75) is 19.1 Å². The number of rotatable bonds is 4. The van der Waals surface area contributed by atoms with Gasteiger partial charge in [0.15, 0.2) is 5.17 Å². The van der Waals surface area contributed by atoms with Gasteiger partial charge in [0.05, 0.1) is 18.5 Å². The zero-order chi connectivity index (χ0) is 17.1. The average Bonchev–Trinajstić information content (AvgIpc) is 2.98. The van der Waals surface area contributed by atoms with Crippen LogP contribution in [0.15, 0.2) is 39.8 Å². The standard InChI is InChI=1S/C16H15N3O4S/c1-10-7-11(18-23-10)9-24-16-17-14(20)8-15(21)19(16)12-3-5-13(22-2)6-4-12/h3-7H,8-9H2,1-2H3. The third-order valence-corrected chi connectivity index (χ3v) is 4.29. The van der Waals surface area contributed by atoms with Crippen molar-refractivity contribution >= 4 is 34.4 Å². The number of hydrogen-bond donors (Lipinski definition) is 0. The van der Waals surface area contributed by atoms with Crippen LogP contribution in [-0.4, -0.2) is 29.2 Å². The van der Waals surface area contributed by atoms with Crippen LogP contribution in [0.2, 0.25) is 0 Å². The molecule has 2 heterocycles. The van der Waals surface area contributed by atoms with Crippen molar-refractivity contribution in [2.75, 3.05) is 12.0 Å². The van der Waals surface area contributed by atoms with Crippen LogP contribution in [-0.2, 0) is 15.3 Å². The number of carbonyl (C=O) groups is 2. The summed E-state index contributed by atoms with van der Waals surface area (Å²) in [4.78, 5) is 29.5. The van der Waals surface area contributed by atoms with Crippen molar-refractivity contribution < 1.29 is 18.8 Å². The fraction of sp³-hybridized carbons (Fsp3) is 0.250. The summed E-state index contributed by atoms with van der Waals surface area (Å²) in [6, 6.07) is 8.81. The lowest BCUT2D eigenvalue weighted by molar-refractivity contribution is -0.126. The van der Waals surface area contributed by atoms with Crippen LogP contribution < -0.4 is 9.64 Å². The number of nitrogens with zero attached hydrogens (tertiary/aromatic N) is 3. The van der Waals surface area contributed by atoms with E-state index < -0.39 is 5.91 Å². The minimum Gasteiger partial charge on any atom is -0.497 e. The molecule has 0 aliphatic carbocycles. The number of methoxy groups -OCH3 is 1. The number of thioether (sulfide) groups is 1. The van der Waals surface area contributed by atoms with Crippen LogP contribution in [0.5, 0.6) is 5.75 Å². The highest BCUT2D eigenvalue weighted by Gasteiger charge is 2.29. The molecule has 0 bridgehead atoms. The summed E-state index contributed by atoms with van der Waals surface area (Å²) in [7, 11) is 1.57. The first-order valence-electron chi connectivity index (χ1n) is 7.20. The van der Waals surface area contributed by atoms with E-state index in [2.05, 4.69) is 10.1 Å². The maximum Gasteiger partial charge on any atom is 0.257 e. The normalized spacial score (nSPS) is 14.8. The van der Waals surface area contributed by atoms with Crippen LogP contribution in [0, 0.1) is 6.92 Å². The molecule has 0 atom stereocenters. The number of aliphatic imine (C=N–C) groups is 1. The minimum atomic E-state index is -0.441. The summed E-state index contributed by atoms with van der Waals surface area (Å²) in [6.07, 6.45) is -0.237. The van der Waals surface area contributed by atoms with Crippen molar-refractivity contribution in [3.05, 3.63) is 41.8 Å². The fourth-order valence-corrected chi connectivity index (χ4v) is 3.13. The largest absolute Gasteiger partial charge is 0.497 e. The smallest absolute Gasteiger partial charge is 0.257 e. The first kappa shape index (κ1) is 16.3. The van der Waals surface area contributed by atoms with Crippen LogP contribution in [0.3, 0.4) is 0 Å². The molecule has 3 rings (SSSR count). The van der Waals surface area contributed by atoms with Crippen molar-refractivity contribution in [2.24, 2.45) is 4.99 Å². The Morgan fingerprint density at radius 3 is 2.67 bits per heavy atom. The molecule has 2 aromatic rings. The Morgan fingerprint density at radius 2 is 2.04 bits per heavy atom. The average molecular weight is 345 g/mol. The Hall–Kier alpha value is -2.61. The summed E-state index contributed by atoms with van der Waals surface area (Å²) in [5, 5.41) is 4.24. The van der Waals surface area contributed by atoms with Gasteiger partial charge in [0.1, 0.15) is 17.9 Å². The van der Waals surface area contributed by atoms with Gasteiger partial charge in [-0.3, -0.25) is 14.5 Å². The molecule has 2 amide bonds. The first-order valence-corrected chi connectivity index (χ1v) is 8.19. The van der Waals surface area contributed by atoms with E-state index in [1.807, 2.05) is 0 Å². The van der Waals surface area contributed by atoms with E-state index in [4.69, 9.17) is 9.26 Å². The lowest BCUT2D eigenvalue weighted by Gasteiger charge is -2.26. The summed E-state index contributed by atoms with van der Waals surface area (Å²) < 4.78 is 10.1. The van der Waals surface area contributed by atoms with E-state index in [-0.39, 0.29) is 12.3 Å². The molecule has 1 aliphatic heterocycles. The summed E-state index contributed by atoms with van der Waals surface area (Å²) in [5.74, 6) is 1.09. The van der Waals surface area contributed by atoms with Gasteiger partial charge in [-0.15, -0.1) is 0 Å². The van der Waals surface area contributed by atoms with Crippen molar-refractivity contribution in [1.82, 2.24) is 5.16 Å². The predicted molar refractivity (Wildman–Crippen MR) is 90.1 cm³/mol. The number of aromatic nitrogens is 1. The maximum atomic E-state index is 12.3. The highest BCUT2D eigenvalue weighted by atomic mass is 32.2. The van der Waals surface area contributed by atoms with Gasteiger partial charge in [0.2, 0.25) is 5.91 Å². The van der Waals surface area contributed by atoms with E-state index in [0.717, 1.165) is 5.69 Å². The Labute approximate surface area is 142 Å². The summed E-state index contributed by atoms with van der Waals surface area (Å²) in [6.45, 7) is 1.80. The SMILES string of the molecule is COc1ccc(N2C(=O)CC(=O)N=C2SCc2cc(C)on2)cc1. The van der Waals surface area contributed by atoms with Crippen LogP contribution in [0.1, 0.15) is 17.9 Å². The minimum absolute atomic E-state index is 0.237. The quantitative estimate of drug-likeness (QED) is 0.792. The maximum absolute atomic E-state index is 12.3. The van der Waals surface area contributed by atoms with Gasteiger partial charge in [0, 0.05) is 11.8 Å². The number of amides is 2. The van der Waals surface area contributed by atoms with Gasteiger partial charge in [-0.05, 0) is 31.2 Å². The van der Waals surface area contributed by atoms with Gasteiger partial charge < -0.3 is 9.26 Å². The number of hydrogen-bond acceptors (Lipinski definition) is 6. The van der Waals surface area contributed by atoms with Gasteiger partial charge in [-0.25, -0.2) is 0 Å². The Kier molecular flexibility index (Phi) is 4.66. The third-order valence-electron chi connectivity index (χ3n) is 3.32. The third kappa shape index (κ3) is 3.48. The number of amidine groups is 1. The van der Waals surface area contributed by atoms with Crippen molar-refractivity contribution in [1.29, 1.82) is 0 Å². The topological polar surface area (TPSA) is 85.0 Å². The molecule has 0 unspecified atom stereocenters. The molecule has 7 nitrogen and oxygen atoms in total. The van der Waals surface area contributed by atoms with Gasteiger partial charge in [-0.2, -0.15) is 4.99 Å². The predicted octanol–water partition coefficient (Wildman–Crippen LogP) is 2.54. The molecule has 0 radical (unpaired) electrons. The van der Waals surface area contributed by atoms with E-state index in [1.54, 1.807) is 44.4 Å². The number of anilines is 1. The molecular weight excluding hydrogens is 330 g/mol. The Morgan fingerprint density at radius 1 is 1.29 bits per heavy atom. The molecule has 24 heavy (non-hydrogen) atoms. The molecule has 1 aliphatic rings. The molecule has 8 heteroatoms. The van der Waals surface area contributed by atoms with E-state index in [9.17, 15) is 9.59 Å². The highest BCUT2D eigenvalue weighted by Crippen LogP contribution is 2.27. The Bertz CT molecular complexity index is 798. The first-order chi connectivity index (χ1) is 11.6. The second-order valence-electron chi connectivity index (χ2n) is 5.11. The van der Waals surface area contributed by atoms with Gasteiger partial charge in [0.25, 0.3) is 5.91 Å². The van der Waals surface area contributed by atoms with E-state index in [0.29, 0.717) is 28.1 Å². The zero-order valence-corrected chi connectivity index (χ0v) is 14.0. The van der Waals surface area contributed by atoms with Gasteiger partial charge >= 0.3 is 0 Å². The number of carbonyl (C=O) groups excluding carboxylic acids is 2. The lowest BCUT2D eigenvalue weighted by atomic mass is 10.2. The van der Waals surface area contributed by atoms with E-state index in [1.165, 1.54) is 16.7 Å². The molecular formula is C16H15N3O4S. The molecule has 1 aromatic heterocycles. The second-order valence-corrected chi connectivity index (χ2v) is 6.05. The number of ether oxygens (including phenoxy) is 1. The number of aryl methyl sites for hydroxylation is 1. The molecule has 0 N–H and O–H groups in total. The van der Waals surface area contributed by atoms with Crippen molar-refractivity contribution in [3.63, 3.8) is 0 Å². The monoisotopic (exact) mass is 345 g/mol. The molecule has 124 valence electrons. The fourth-order valence-electron chi connectivity index (χ4n) is 2.22. The Balaban J connectivity index is 1.84. The highest BCUT2D eigenvalue weighted by molar-refractivity contribution is 8.13. The molecule has 0 spiro atoms. The zero-order valence-electron chi connectivity index (χ0n) is 13.2. The molecule has 0 fully saturated rings. The second kappa shape index (κ2) is 6.88. The van der Waals surface area contributed by atoms with Crippen LogP contribution >= 0.6 is 11.8 Å². The summed E-state index contributed by atoms with van der Waals surface area (Å²) in [5.41, 5.74) is 1.36. The van der Waals surface area contributed by atoms with Crippen LogP contribution in [0.4, 0.5) is 5.69 Å². The van der Waals surface area contributed by atoms with E-state index >= 15 is 0 Å². The molecule has 0 saturated carbocycles. The van der Waals surface area contributed by atoms with Crippen molar-refractivity contribution in [3.8, 4) is 5.75 Å².